The summed E-state index contributed by atoms with van der Waals surface area (Å²) in [6.45, 7) is 4.16. The van der Waals surface area contributed by atoms with Crippen molar-refractivity contribution in [3.8, 4) is 11.5 Å². The van der Waals surface area contributed by atoms with Crippen molar-refractivity contribution >= 4 is 29.5 Å². The molecule has 2 rings (SSSR count). The van der Waals surface area contributed by atoms with Crippen LogP contribution in [0.25, 0.3) is 0 Å². The second-order valence-corrected chi connectivity index (χ2v) is 9.31. The van der Waals surface area contributed by atoms with E-state index in [0.717, 1.165) is 36.3 Å². The number of guanidine groups is 1. The summed E-state index contributed by atoms with van der Waals surface area (Å²) in [5.74, 6) is 3.07. The maximum atomic E-state index is 12.9. The third-order valence-electron chi connectivity index (χ3n) is 5.57. The Morgan fingerprint density at radius 2 is 1.91 bits per heavy atom. The molecule has 0 aromatic heterocycles. The number of hydrogen-bond donors (Lipinski definition) is 3. The smallest absolute Gasteiger partial charge is 0.245 e. The lowest BCUT2D eigenvalue weighted by Crippen LogP contribution is -2.45. The Labute approximate surface area is 195 Å². The summed E-state index contributed by atoms with van der Waals surface area (Å²) < 4.78 is 10.5. The van der Waals surface area contributed by atoms with Gasteiger partial charge in [0.25, 0.3) is 0 Å². The van der Waals surface area contributed by atoms with Crippen molar-refractivity contribution in [3.63, 3.8) is 0 Å². The molecule has 9 heteroatoms. The number of nitrogens with two attached hydrogens (primary N) is 1. The highest BCUT2D eigenvalue weighted by Gasteiger charge is 2.24. The fourth-order valence-corrected chi connectivity index (χ4v) is 4.58. The summed E-state index contributed by atoms with van der Waals surface area (Å²) in [6, 6.07) is 4.83. The first-order valence-electron chi connectivity index (χ1n) is 11.1. The molecule has 1 aromatic rings. The molecule has 0 saturated carbocycles. The van der Waals surface area contributed by atoms with Gasteiger partial charge in [-0.15, -0.1) is 0 Å². The number of thioether (sulfide) groups is 1. The van der Waals surface area contributed by atoms with Crippen LogP contribution in [-0.2, 0) is 16.0 Å². The highest BCUT2D eigenvalue weighted by molar-refractivity contribution is 7.99. The Morgan fingerprint density at radius 1 is 1.22 bits per heavy atom. The van der Waals surface area contributed by atoms with Crippen molar-refractivity contribution in [1.29, 1.82) is 0 Å². The van der Waals surface area contributed by atoms with Crippen molar-refractivity contribution in [3.05, 3.63) is 23.8 Å². The van der Waals surface area contributed by atoms with E-state index in [4.69, 9.17) is 15.2 Å². The molecule has 1 aromatic carbocycles. The number of carbonyl (C=O) groups excluding carboxylic acids is 2. The van der Waals surface area contributed by atoms with Gasteiger partial charge in [-0.2, -0.15) is 11.8 Å². The van der Waals surface area contributed by atoms with E-state index in [9.17, 15) is 9.59 Å². The molecule has 2 amide bonds. The first-order valence-corrected chi connectivity index (χ1v) is 12.2. The number of methoxy groups -OCH3 is 2. The Morgan fingerprint density at radius 3 is 2.53 bits per heavy atom. The lowest BCUT2D eigenvalue weighted by Gasteiger charge is -2.25. The predicted molar refractivity (Wildman–Crippen MR) is 129 cm³/mol. The number of ether oxygens (including phenoxy) is 2. The molecule has 178 valence electrons. The Bertz CT molecular complexity index is 796. The van der Waals surface area contributed by atoms with Gasteiger partial charge >= 0.3 is 0 Å². The van der Waals surface area contributed by atoms with Gasteiger partial charge in [0.15, 0.2) is 17.5 Å². The quantitative estimate of drug-likeness (QED) is 0.362. The molecule has 1 aliphatic rings. The van der Waals surface area contributed by atoms with Crippen LogP contribution in [0.2, 0.25) is 0 Å². The number of amides is 2. The largest absolute Gasteiger partial charge is 0.493 e. The number of carbonyl (C=O) groups is 2. The summed E-state index contributed by atoms with van der Waals surface area (Å²) in [5.41, 5.74) is 6.76. The summed E-state index contributed by atoms with van der Waals surface area (Å²) in [4.78, 5) is 29.7. The fourth-order valence-electron chi connectivity index (χ4n) is 3.47. The van der Waals surface area contributed by atoms with Crippen LogP contribution >= 0.6 is 11.8 Å². The van der Waals surface area contributed by atoms with Crippen molar-refractivity contribution in [2.75, 3.05) is 25.7 Å². The van der Waals surface area contributed by atoms with Crippen molar-refractivity contribution in [2.45, 2.75) is 58.0 Å². The van der Waals surface area contributed by atoms with E-state index in [1.165, 1.54) is 0 Å². The molecule has 0 bridgehead atoms. The SMILES string of the molecule is CCC(C)CC(N=C(N)NC(=O)Cc1ccc(OC)c(OC)c1)C(=O)NC1CCSCC1. The average Bonchev–Trinajstić information content (AvgIpc) is 2.78. The standard InChI is InChI=1S/C23H36N4O4S/c1-5-15(2)12-18(22(29)25-17-8-10-32-11-9-17)26-23(24)27-21(28)14-16-6-7-19(30-3)20(13-16)31-4/h6-7,13,15,17-18H,5,8-12,14H2,1-4H3,(H,25,29)(H3,24,26,27,28). The van der Waals surface area contributed by atoms with E-state index in [-0.39, 0.29) is 30.2 Å². The number of nitrogens with one attached hydrogen (secondary N) is 2. The number of nitrogens with zero attached hydrogens (tertiary/aromatic N) is 1. The minimum atomic E-state index is -0.624. The monoisotopic (exact) mass is 464 g/mol. The normalized spacial score (nSPS) is 16.7. The predicted octanol–water partition coefficient (Wildman–Crippen LogP) is 2.49. The number of rotatable bonds is 10. The van der Waals surface area contributed by atoms with Gasteiger partial charge in [0.1, 0.15) is 6.04 Å². The molecule has 1 heterocycles. The van der Waals surface area contributed by atoms with Crippen LogP contribution in [0.15, 0.2) is 23.2 Å². The summed E-state index contributed by atoms with van der Waals surface area (Å²) >= 11 is 1.91. The molecule has 2 unspecified atom stereocenters. The second-order valence-electron chi connectivity index (χ2n) is 8.09. The first kappa shape index (κ1) is 25.8. The molecule has 0 radical (unpaired) electrons. The Kier molecular flexibility index (Phi) is 10.7. The minimum absolute atomic E-state index is 0.0434. The molecular weight excluding hydrogens is 428 g/mol. The second kappa shape index (κ2) is 13.2. The van der Waals surface area contributed by atoms with Gasteiger partial charge in [0.05, 0.1) is 20.6 Å². The zero-order valence-electron chi connectivity index (χ0n) is 19.5. The molecule has 32 heavy (non-hydrogen) atoms. The number of benzene rings is 1. The minimum Gasteiger partial charge on any atom is -0.493 e. The summed E-state index contributed by atoms with van der Waals surface area (Å²) in [6.07, 6.45) is 3.54. The van der Waals surface area contributed by atoms with Gasteiger partial charge in [-0.3, -0.25) is 14.9 Å². The number of hydrogen-bond acceptors (Lipinski definition) is 6. The van der Waals surface area contributed by atoms with Gasteiger partial charge in [0, 0.05) is 6.04 Å². The molecule has 1 aliphatic heterocycles. The van der Waals surface area contributed by atoms with Gasteiger partial charge in [-0.1, -0.05) is 26.3 Å². The van der Waals surface area contributed by atoms with Crippen LogP contribution in [0.5, 0.6) is 11.5 Å². The van der Waals surface area contributed by atoms with Crippen LogP contribution in [-0.4, -0.2) is 55.6 Å². The van der Waals surface area contributed by atoms with E-state index in [1.807, 2.05) is 11.8 Å². The molecule has 1 fully saturated rings. The van der Waals surface area contributed by atoms with Gasteiger partial charge in [0.2, 0.25) is 11.8 Å². The van der Waals surface area contributed by atoms with Crippen molar-refractivity contribution in [1.82, 2.24) is 10.6 Å². The van der Waals surface area contributed by atoms with E-state index in [0.29, 0.717) is 23.8 Å². The lowest BCUT2D eigenvalue weighted by molar-refractivity contribution is -0.123. The topological polar surface area (TPSA) is 115 Å². The molecular formula is C23H36N4O4S. The van der Waals surface area contributed by atoms with Crippen LogP contribution in [0, 0.1) is 5.92 Å². The molecule has 4 N–H and O–H groups in total. The molecule has 2 atom stereocenters. The zero-order valence-corrected chi connectivity index (χ0v) is 20.3. The van der Waals surface area contributed by atoms with E-state index >= 15 is 0 Å². The van der Waals surface area contributed by atoms with E-state index in [1.54, 1.807) is 32.4 Å². The maximum Gasteiger partial charge on any atom is 0.245 e. The molecule has 0 spiro atoms. The molecule has 0 aliphatic carbocycles. The molecule has 1 saturated heterocycles. The first-order chi connectivity index (χ1) is 15.4. The van der Waals surface area contributed by atoms with Crippen molar-refractivity contribution < 1.29 is 19.1 Å². The maximum absolute atomic E-state index is 12.9. The average molecular weight is 465 g/mol. The van der Waals surface area contributed by atoms with Gasteiger partial charge in [-0.05, 0) is 54.4 Å². The van der Waals surface area contributed by atoms with Crippen LogP contribution in [0.4, 0.5) is 0 Å². The zero-order chi connectivity index (χ0) is 23.5. The van der Waals surface area contributed by atoms with Crippen LogP contribution < -0.4 is 25.8 Å². The highest BCUT2D eigenvalue weighted by atomic mass is 32.2. The number of aliphatic imine (C=N–C) groups is 1. The summed E-state index contributed by atoms with van der Waals surface area (Å²) in [7, 11) is 3.10. The Hall–Kier alpha value is -2.42. The van der Waals surface area contributed by atoms with Gasteiger partial charge in [-0.25, -0.2) is 4.99 Å². The van der Waals surface area contributed by atoms with Gasteiger partial charge < -0.3 is 20.5 Å². The molecule has 8 nitrogen and oxygen atoms in total. The third kappa shape index (κ3) is 8.26. The van der Waals surface area contributed by atoms with Crippen LogP contribution in [0.3, 0.4) is 0 Å². The third-order valence-corrected chi connectivity index (χ3v) is 6.62. The lowest BCUT2D eigenvalue weighted by atomic mass is 9.98. The Balaban J connectivity index is 2.02. The van der Waals surface area contributed by atoms with Crippen molar-refractivity contribution in [2.24, 2.45) is 16.6 Å². The van der Waals surface area contributed by atoms with E-state index in [2.05, 4.69) is 29.5 Å². The van der Waals surface area contributed by atoms with Crippen LogP contribution in [0.1, 0.15) is 45.1 Å². The van der Waals surface area contributed by atoms with E-state index < -0.39 is 6.04 Å². The highest BCUT2D eigenvalue weighted by Crippen LogP contribution is 2.27. The summed E-state index contributed by atoms with van der Waals surface area (Å²) in [5, 5.41) is 5.73. The fraction of sp³-hybridized carbons (Fsp3) is 0.609.